The van der Waals surface area contributed by atoms with E-state index in [0.717, 1.165) is 26.9 Å². The van der Waals surface area contributed by atoms with E-state index in [1.54, 1.807) is 0 Å². The summed E-state index contributed by atoms with van der Waals surface area (Å²) in [4.78, 5) is 0. The van der Waals surface area contributed by atoms with Gasteiger partial charge in [0.05, 0.1) is 11.6 Å². The highest BCUT2D eigenvalue weighted by Gasteiger charge is 2.04. The van der Waals surface area contributed by atoms with Crippen molar-refractivity contribution in [2.75, 3.05) is 0 Å². The molecule has 4 rings (SSSR count). The standard InChI is InChI=1S/C26H18BrNO/c27-24-13-11-20(12-14-24)23(17-28)15-19-5-3-9-25(16-19)29-18-22-8-4-7-21-6-1-2-10-26(21)22/h1-16H,18H2/b23-15-. The van der Waals surface area contributed by atoms with Crippen LogP contribution in [0.5, 0.6) is 5.75 Å². The maximum absolute atomic E-state index is 9.57. The average Bonchev–Trinajstić information content (AvgIpc) is 2.77. The Kier molecular flexibility index (Phi) is 5.74. The summed E-state index contributed by atoms with van der Waals surface area (Å²) in [6.07, 6.45) is 1.88. The highest BCUT2D eigenvalue weighted by atomic mass is 79.9. The molecule has 0 N–H and O–H groups in total. The van der Waals surface area contributed by atoms with E-state index >= 15 is 0 Å². The molecule has 0 atom stereocenters. The molecule has 3 heteroatoms. The minimum atomic E-state index is 0.492. The average molecular weight is 440 g/mol. The summed E-state index contributed by atoms with van der Waals surface area (Å²) in [5, 5.41) is 12.0. The Morgan fingerprint density at radius 3 is 2.48 bits per heavy atom. The van der Waals surface area contributed by atoms with Crippen LogP contribution in [0.3, 0.4) is 0 Å². The van der Waals surface area contributed by atoms with Crippen molar-refractivity contribution >= 4 is 38.4 Å². The van der Waals surface area contributed by atoms with Crippen molar-refractivity contribution in [1.29, 1.82) is 5.26 Å². The number of halogens is 1. The third-order valence-corrected chi connectivity index (χ3v) is 5.25. The van der Waals surface area contributed by atoms with Gasteiger partial charge in [0.2, 0.25) is 0 Å². The van der Waals surface area contributed by atoms with Crippen LogP contribution < -0.4 is 4.74 Å². The molecule has 0 saturated heterocycles. The number of rotatable bonds is 5. The largest absolute Gasteiger partial charge is 0.489 e. The molecule has 0 saturated carbocycles. The second-order valence-electron chi connectivity index (χ2n) is 6.68. The highest BCUT2D eigenvalue weighted by Crippen LogP contribution is 2.24. The Balaban J connectivity index is 1.55. The fourth-order valence-corrected chi connectivity index (χ4v) is 3.51. The summed E-state index contributed by atoms with van der Waals surface area (Å²) in [6.45, 7) is 0.492. The molecule has 0 bridgehead atoms. The normalized spacial score (nSPS) is 11.2. The van der Waals surface area contributed by atoms with Crippen LogP contribution in [0.25, 0.3) is 22.4 Å². The first kappa shape index (κ1) is 19.0. The van der Waals surface area contributed by atoms with Gasteiger partial charge in [0, 0.05) is 4.47 Å². The number of nitrogens with zero attached hydrogens (tertiary/aromatic N) is 1. The van der Waals surface area contributed by atoms with E-state index in [1.807, 2.05) is 66.7 Å². The molecule has 140 valence electrons. The van der Waals surface area contributed by atoms with Crippen molar-refractivity contribution in [2.24, 2.45) is 0 Å². The lowest BCUT2D eigenvalue weighted by molar-refractivity contribution is 0.307. The van der Waals surface area contributed by atoms with Crippen molar-refractivity contribution in [3.05, 3.63) is 112 Å². The van der Waals surface area contributed by atoms with Crippen LogP contribution in [0.4, 0.5) is 0 Å². The summed E-state index contributed by atoms with van der Waals surface area (Å²) in [6, 6.07) is 32.4. The van der Waals surface area contributed by atoms with Gasteiger partial charge in [-0.05, 0) is 57.8 Å². The van der Waals surface area contributed by atoms with E-state index in [-0.39, 0.29) is 0 Å². The minimum Gasteiger partial charge on any atom is -0.489 e. The molecule has 0 spiro atoms. The van der Waals surface area contributed by atoms with Crippen LogP contribution in [0.1, 0.15) is 16.7 Å². The van der Waals surface area contributed by atoms with Crippen molar-refractivity contribution in [1.82, 2.24) is 0 Å². The minimum absolute atomic E-state index is 0.492. The zero-order valence-corrected chi connectivity index (χ0v) is 17.3. The monoisotopic (exact) mass is 439 g/mol. The first-order valence-electron chi connectivity index (χ1n) is 9.30. The molecule has 0 radical (unpaired) electrons. The lowest BCUT2D eigenvalue weighted by Gasteiger charge is -2.10. The Morgan fingerprint density at radius 2 is 1.66 bits per heavy atom. The summed E-state index contributed by atoms with van der Waals surface area (Å²) < 4.78 is 7.05. The summed E-state index contributed by atoms with van der Waals surface area (Å²) in [7, 11) is 0. The molecular formula is C26H18BrNO. The first-order valence-corrected chi connectivity index (χ1v) is 10.1. The smallest absolute Gasteiger partial charge is 0.120 e. The summed E-state index contributed by atoms with van der Waals surface area (Å²) in [5.74, 6) is 0.778. The topological polar surface area (TPSA) is 33.0 Å². The number of hydrogen-bond donors (Lipinski definition) is 0. The van der Waals surface area contributed by atoms with E-state index in [4.69, 9.17) is 4.74 Å². The van der Waals surface area contributed by atoms with Gasteiger partial charge in [-0.25, -0.2) is 0 Å². The molecular weight excluding hydrogens is 422 g/mol. The van der Waals surface area contributed by atoms with Gasteiger partial charge < -0.3 is 4.74 Å². The first-order chi connectivity index (χ1) is 14.2. The molecule has 0 unspecified atom stereocenters. The highest BCUT2D eigenvalue weighted by molar-refractivity contribution is 9.10. The molecule has 0 aliphatic heterocycles. The third kappa shape index (κ3) is 4.56. The Morgan fingerprint density at radius 1 is 0.897 bits per heavy atom. The van der Waals surface area contributed by atoms with Gasteiger partial charge in [0.1, 0.15) is 12.4 Å². The number of hydrogen-bond acceptors (Lipinski definition) is 2. The zero-order chi connectivity index (χ0) is 20.1. The Labute approximate surface area is 178 Å². The van der Waals surface area contributed by atoms with Gasteiger partial charge in [-0.1, -0.05) is 82.7 Å². The van der Waals surface area contributed by atoms with Gasteiger partial charge in [-0.2, -0.15) is 5.26 Å². The molecule has 4 aromatic rings. The fourth-order valence-electron chi connectivity index (χ4n) is 3.25. The number of fused-ring (bicyclic) bond motifs is 1. The number of allylic oxidation sites excluding steroid dienone is 1. The van der Waals surface area contributed by atoms with E-state index in [9.17, 15) is 5.26 Å². The van der Waals surface area contributed by atoms with Gasteiger partial charge in [0.15, 0.2) is 0 Å². The summed E-state index contributed by atoms with van der Waals surface area (Å²) in [5.41, 5.74) is 3.58. The number of benzene rings is 4. The number of nitriles is 1. The van der Waals surface area contributed by atoms with Crippen LogP contribution in [0.2, 0.25) is 0 Å². The maximum atomic E-state index is 9.57. The molecule has 0 aromatic heterocycles. The molecule has 0 aliphatic carbocycles. The molecule has 0 amide bonds. The van der Waals surface area contributed by atoms with Crippen molar-refractivity contribution in [2.45, 2.75) is 6.61 Å². The van der Waals surface area contributed by atoms with Crippen LogP contribution in [0.15, 0.2) is 95.5 Å². The van der Waals surface area contributed by atoms with Crippen molar-refractivity contribution in [3.63, 3.8) is 0 Å². The molecule has 4 aromatic carbocycles. The number of ether oxygens (including phenoxy) is 1. The predicted octanol–water partition coefficient (Wildman–Crippen LogP) is 7.25. The maximum Gasteiger partial charge on any atom is 0.120 e. The van der Waals surface area contributed by atoms with E-state index in [2.05, 4.69) is 52.3 Å². The van der Waals surface area contributed by atoms with Gasteiger partial charge in [-0.3, -0.25) is 0 Å². The van der Waals surface area contributed by atoms with Crippen LogP contribution in [0, 0.1) is 11.3 Å². The second kappa shape index (κ2) is 8.77. The lowest BCUT2D eigenvalue weighted by atomic mass is 10.0. The van der Waals surface area contributed by atoms with Crippen LogP contribution in [-0.2, 0) is 6.61 Å². The van der Waals surface area contributed by atoms with Crippen LogP contribution >= 0.6 is 15.9 Å². The van der Waals surface area contributed by atoms with Crippen molar-refractivity contribution in [3.8, 4) is 11.8 Å². The van der Waals surface area contributed by atoms with E-state index in [0.29, 0.717) is 12.2 Å². The van der Waals surface area contributed by atoms with Gasteiger partial charge in [0.25, 0.3) is 0 Å². The third-order valence-electron chi connectivity index (χ3n) is 4.72. The molecule has 0 aliphatic rings. The van der Waals surface area contributed by atoms with E-state index in [1.165, 1.54) is 10.8 Å². The summed E-state index contributed by atoms with van der Waals surface area (Å²) >= 11 is 3.43. The Hall–Kier alpha value is -3.35. The molecule has 0 heterocycles. The molecule has 2 nitrogen and oxygen atoms in total. The van der Waals surface area contributed by atoms with Crippen molar-refractivity contribution < 1.29 is 4.74 Å². The van der Waals surface area contributed by atoms with E-state index < -0.39 is 0 Å². The Bertz CT molecular complexity index is 1210. The van der Waals surface area contributed by atoms with Gasteiger partial charge >= 0.3 is 0 Å². The van der Waals surface area contributed by atoms with Crippen LogP contribution in [-0.4, -0.2) is 0 Å². The molecule has 29 heavy (non-hydrogen) atoms. The molecule has 0 fully saturated rings. The van der Waals surface area contributed by atoms with Gasteiger partial charge in [-0.15, -0.1) is 0 Å². The SMILES string of the molecule is N#C/C(=C/c1cccc(OCc2cccc3ccccc23)c1)c1ccc(Br)cc1. The quantitative estimate of drug-likeness (QED) is 0.242. The zero-order valence-electron chi connectivity index (χ0n) is 15.7. The fraction of sp³-hybridized carbons (Fsp3) is 0.0385. The predicted molar refractivity (Wildman–Crippen MR) is 122 cm³/mol. The lowest BCUT2D eigenvalue weighted by Crippen LogP contribution is -1.96. The second-order valence-corrected chi connectivity index (χ2v) is 7.59.